The molecule has 0 radical (unpaired) electrons. The van der Waals surface area contributed by atoms with Gasteiger partial charge < -0.3 is 10.0 Å². The number of aliphatic carboxylic acids is 1. The van der Waals surface area contributed by atoms with Crippen LogP contribution in [0, 0.1) is 5.92 Å². The molecule has 1 heterocycles. The van der Waals surface area contributed by atoms with Crippen LogP contribution in [0.1, 0.15) is 23.7 Å². The highest BCUT2D eigenvalue weighted by atomic mass is 16.4. The summed E-state index contributed by atoms with van der Waals surface area (Å²) < 4.78 is 1.79. The molecule has 0 bridgehead atoms. The Morgan fingerprint density at radius 3 is 2.88 bits per heavy atom. The summed E-state index contributed by atoms with van der Waals surface area (Å²) in [6.07, 6.45) is 3.12. The Bertz CT molecular complexity index is 411. The molecule has 2 atom stereocenters. The molecule has 0 amide bonds. The van der Waals surface area contributed by atoms with Crippen LogP contribution in [-0.2, 0) is 18.3 Å². The normalized spacial score (nSPS) is 24.5. The van der Waals surface area contributed by atoms with E-state index in [1.807, 2.05) is 27.3 Å². The molecule has 88 valence electrons. The van der Waals surface area contributed by atoms with Crippen molar-refractivity contribution in [1.29, 1.82) is 0 Å². The number of aromatic nitrogens is 2. The molecule has 5 nitrogen and oxygen atoms in total. The quantitative estimate of drug-likeness (QED) is 0.800. The Labute approximate surface area is 94.7 Å². The van der Waals surface area contributed by atoms with Crippen molar-refractivity contribution in [3.63, 3.8) is 0 Å². The van der Waals surface area contributed by atoms with Gasteiger partial charge in [-0.2, -0.15) is 5.10 Å². The average Bonchev–Trinajstić information content (AvgIpc) is 2.59. The van der Waals surface area contributed by atoms with Crippen molar-refractivity contribution < 1.29 is 9.90 Å². The number of hydrogen-bond acceptors (Lipinski definition) is 3. The first kappa shape index (κ1) is 11.1. The van der Waals surface area contributed by atoms with Crippen molar-refractivity contribution >= 4 is 5.97 Å². The molecule has 0 saturated heterocycles. The van der Waals surface area contributed by atoms with Gasteiger partial charge in [-0.25, -0.2) is 0 Å². The van der Waals surface area contributed by atoms with Crippen molar-refractivity contribution in [2.24, 2.45) is 13.0 Å². The maximum Gasteiger partial charge on any atom is 0.306 e. The van der Waals surface area contributed by atoms with Crippen molar-refractivity contribution in [3.8, 4) is 0 Å². The molecule has 0 spiro atoms. The summed E-state index contributed by atoms with van der Waals surface area (Å²) in [7, 11) is 5.83. The second kappa shape index (κ2) is 3.90. The van der Waals surface area contributed by atoms with E-state index in [1.54, 1.807) is 4.68 Å². The first-order valence-corrected chi connectivity index (χ1v) is 5.40. The number of fused-ring (bicyclic) bond motifs is 1. The smallest absolute Gasteiger partial charge is 0.306 e. The zero-order chi connectivity index (χ0) is 11.9. The SMILES string of the molecule is CN(C)C1CC(C(=O)O)Cc2c1cnn2C. The third-order valence-electron chi connectivity index (χ3n) is 3.37. The molecule has 0 aliphatic heterocycles. The molecule has 1 aromatic rings. The average molecular weight is 223 g/mol. The molecule has 0 saturated carbocycles. The van der Waals surface area contributed by atoms with E-state index in [1.165, 1.54) is 5.56 Å². The summed E-state index contributed by atoms with van der Waals surface area (Å²) >= 11 is 0. The molecule has 2 unspecified atom stereocenters. The molecule has 2 rings (SSSR count). The fourth-order valence-corrected chi connectivity index (χ4v) is 2.40. The van der Waals surface area contributed by atoms with Crippen molar-refractivity contribution in [2.45, 2.75) is 18.9 Å². The van der Waals surface area contributed by atoms with Crippen molar-refractivity contribution in [2.75, 3.05) is 14.1 Å². The minimum absolute atomic E-state index is 0.165. The van der Waals surface area contributed by atoms with Gasteiger partial charge in [0.15, 0.2) is 0 Å². The summed E-state index contributed by atoms with van der Waals surface area (Å²) in [6.45, 7) is 0. The topological polar surface area (TPSA) is 58.4 Å². The zero-order valence-electron chi connectivity index (χ0n) is 9.84. The third kappa shape index (κ3) is 1.71. The Kier molecular flexibility index (Phi) is 2.71. The van der Waals surface area contributed by atoms with E-state index in [2.05, 4.69) is 10.00 Å². The predicted octanol–water partition coefficient (Wildman–Crippen LogP) is 0.670. The number of carboxylic acid groups (broad SMARTS) is 1. The highest BCUT2D eigenvalue weighted by Gasteiger charge is 2.34. The molecule has 1 aliphatic rings. The van der Waals surface area contributed by atoms with Gasteiger partial charge in [-0.15, -0.1) is 0 Å². The first-order chi connectivity index (χ1) is 7.50. The third-order valence-corrected chi connectivity index (χ3v) is 3.37. The highest BCUT2D eigenvalue weighted by Crippen LogP contribution is 2.35. The molecule has 0 aromatic carbocycles. The Morgan fingerprint density at radius 1 is 1.62 bits per heavy atom. The number of aryl methyl sites for hydroxylation is 1. The van der Waals surface area contributed by atoms with E-state index >= 15 is 0 Å². The van der Waals surface area contributed by atoms with E-state index in [0.29, 0.717) is 12.8 Å². The number of rotatable bonds is 2. The van der Waals surface area contributed by atoms with Crippen LogP contribution in [0.5, 0.6) is 0 Å². The molecule has 1 aromatic heterocycles. The summed E-state index contributed by atoms with van der Waals surface area (Å²) in [5, 5.41) is 13.4. The van der Waals surface area contributed by atoms with Crippen LogP contribution in [0.4, 0.5) is 0 Å². The van der Waals surface area contributed by atoms with Crippen LogP contribution in [0.15, 0.2) is 6.20 Å². The van der Waals surface area contributed by atoms with Gasteiger partial charge >= 0.3 is 5.97 Å². The molecule has 16 heavy (non-hydrogen) atoms. The molecule has 5 heteroatoms. The Morgan fingerprint density at radius 2 is 2.31 bits per heavy atom. The van der Waals surface area contributed by atoms with Crippen LogP contribution >= 0.6 is 0 Å². The van der Waals surface area contributed by atoms with Crippen molar-refractivity contribution in [1.82, 2.24) is 14.7 Å². The Hall–Kier alpha value is -1.36. The number of carbonyl (C=O) groups is 1. The van der Waals surface area contributed by atoms with E-state index in [4.69, 9.17) is 5.11 Å². The lowest BCUT2D eigenvalue weighted by Gasteiger charge is -2.31. The van der Waals surface area contributed by atoms with E-state index in [9.17, 15) is 4.79 Å². The summed E-state index contributed by atoms with van der Waals surface area (Å²) in [4.78, 5) is 13.2. The van der Waals surface area contributed by atoms with Gasteiger partial charge in [0.2, 0.25) is 0 Å². The van der Waals surface area contributed by atoms with Crippen LogP contribution in [0.3, 0.4) is 0 Å². The second-order valence-corrected chi connectivity index (χ2v) is 4.62. The van der Waals surface area contributed by atoms with Gasteiger partial charge in [0.05, 0.1) is 12.1 Å². The van der Waals surface area contributed by atoms with Gasteiger partial charge in [0.1, 0.15) is 0 Å². The highest BCUT2D eigenvalue weighted by molar-refractivity contribution is 5.71. The van der Waals surface area contributed by atoms with Gasteiger partial charge in [-0.05, 0) is 20.5 Å². The number of nitrogens with zero attached hydrogens (tertiary/aromatic N) is 3. The van der Waals surface area contributed by atoms with Crippen LogP contribution in [0.25, 0.3) is 0 Å². The molecular formula is C11H17N3O2. The predicted molar refractivity (Wildman–Crippen MR) is 59.1 cm³/mol. The van der Waals surface area contributed by atoms with Gasteiger partial charge in [0.25, 0.3) is 0 Å². The first-order valence-electron chi connectivity index (χ1n) is 5.40. The van der Waals surface area contributed by atoms with Gasteiger partial charge in [0, 0.05) is 30.8 Å². The minimum atomic E-state index is -0.710. The van der Waals surface area contributed by atoms with E-state index in [0.717, 1.165) is 5.69 Å². The van der Waals surface area contributed by atoms with E-state index < -0.39 is 5.97 Å². The largest absolute Gasteiger partial charge is 0.481 e. The van der Waals surface area contributed by atoms with Crippen LogP contribution < -0.4 is 0 Å². The van der Waals surface area contributed by atoms with E-state index in [-0.39, 0.29) is 12.0 Å². The Balaban J connectivity index is 2.39. The molecular weight excluding hydrogens is 206 g/mol. The number of carboxylic acids is 1. The van der Waals surface area contributed by atoms with Gasteiger partial charge in [-0.3, -0.25) is 9.48 Å². The lowest BCUT2D eigenvalue weighted by molar-refractivity contribution is -0.142. The fraction of sp³-hybridized carbons (Fsp3) is 0.636. The summed E-state index contributed by atoms with van der Waals surface area (Å²) in [6, 6.07) is 0.165. The van der Waals surface area contributed by atoms with Crippen LogP contribution in [-0.4, -0.2) is 39.9 Å². The van der Waals surface area contributed by atoms with Crippen LogP contribution in [0.2, 0.25) is 0 Å². The molecule has 0 fully saturated rings. The lowest BCUT2D eigenvalue weighted by Crippen LogP contribution is -2.32. The monoisotopic (exact) mass is 223 g/mol. The lowest BCUT2D eigenvalue weighted by atomic mass is 9.84. The number of hydrogen-bond donors (Lipinski definition) is 1. The summed E-state index contributed by atoms with van der Waals surface area (Å²) in [5.74, 6) is -1.01. The molecule has 1 N–H and O–H groups in total. The van der Waals surface area contributed by atoms with Crippen molar-refractivity contribution in [3.05, 3.63) is 17.5 Å². The minimum Gasteiger partial charge on any atom is -0.481 e. The second-order valence-electron chi connectivity index (χ2n) is 4.62. The maximum absolute atomic E-state index is 11.1. The summed E-state index contributed by atoms with van der Waals surface area (Å²) in [5.41, 5.74) is 2.22. The fourth-order valence-electron chi connectivity index (χ4n) is 2.40. The maximum atomic E-state index is 11.1. The standard InChI is InChI=1S/C11H17N3O2/c1-13(2)9-4-7(11(15)16)5-10-8(9)6-12-14(10)3/h6-7,9H,4-5H2,1-3H3,(H,15,16). The zero-order valence-corrected chi connectivity index (χ0v) is 9.84. The van der Waals surface area contributed by atoms with Gasteiger partial charge in [-0.1, -0.05) is 0 Å². The molecule has 1 aliphatic carbocycles.